The van der Waals surface area contributed by atoms with Gasteiger partial charge in [-0.3, -0.25) is 4.68 Å². The van der Waals surface area contributed by atoms with Crippen molar-refractivity contribution in [1.82, 2.24) is 15.1 Å². The van der Waals surface area contributed by atoms with Gasteiger partial charge in [-0.2, -0.15) is 5.10 Å². The summed E-state index contributed by atoms with van der Waals surface area (Å²) in [6.45, 7) is 10.7. The Bertz CT molecular complexity index is 298. The molecule has 3 heteroatoms. The quantitative estimate of drug-likeness (QED) is 0.770. The fourth-order valence-electron chi connectivity index (χ4n) is 2.08. The minimum Gasteiger partial charge on any atom is -0.309 e. The predicted molar refractivity (Wildman–Crippen MR) is 68.6 cm³/mol. The van der Waals surface area contributed by atoms with Crippen LogP contribution in [-0.4, -0.2) is 16.3 Å². The lowest BCUT2D eigenvalue weighted by Crippen LogP contribution is -2.23. The van der Waals surface area contributed by atoms with Gasteiger partial charge in [0.05, 0.1) is 11.4 Å². The molecule has 1 N–H and O–H groups in total. The smallest absolute Gasteiger partial charge is 0.0625 e. The molecule has 0 bridgehead atoms. The Hall–Kier alpha value is -0.830. The Morgan fingerprint density at radius 1 is 1.31 bits per heavy atom. The normalized spacial score (nSPS) is 13.0. The van der Waals surface area contributed by atoms with Crippen LogP contribution in [0.1, 0.15) is 58.0 Å². The van der Waals surface area contributed by atoms with Crippen molar-refractivity contribution in [2.45, 2.75) is 59.5 Å². The standard InChI is InChI=1S/C13H25N3/c1-5-9-12(14-7-3)13-10-11(6-2)15-16(13)8-4/h10,12,14H,5-9H2,1-4H3. The van der Waals surface area contributed by atoms with Gasteiger partial charge in [-0.1, -0.05) is 27.2 Å². The average Bonchev–Trinajstić information content (AvgIpc) is 2.72. The van der Waals surface area contributed by atoms with Crippen LogP contribution in [-0.2, 0) is 13.0 Å². The molecule has 1 atom stereocenters. The van der Waals surface area contributed by atoms with E-state index in [-0.39, 0.29) is 0 Å². The summed E-state index contributed by atoms with van der Waals surface area (Å²) in [6, 6.07) is 2.72. The number of nitrogens with one attached hydrogen (secondary N) is 1. The number of rotatable bonds is 7. The molecule has 0 radical (unpaired) electrons. The first-order valence-electron chi connectivity index (χ1n) is 6.56. The number of nitrogens with zero attached hydrogens (tertiary/aromatic N) is 2. The molecule has 1 aromatic rings. The molecule has 1 unspecified atom stereocenters. The van der Waals surface area contributed by atoms with Crippen LogP contribution < -0.4 is 5.32 Å². The Morgan fingerprint density at radius 2 is 2.06 bits per heavy atom. The molecule has 0 amide bonds. The molecule has 0 spiro atoms. The van der Waals surface area contributed by atoms with Crippen LogP contribution in [0, 0.1) is 0 Å². The Labute approximate surface area is 99.2 Å². The van der Waals surface area contributed by atoms with E-state index in [4.69, 9.17) is 0 Å². The van der Waals surface area contributed by atoms with Gasteiger partial charge in [-0.05, 0) is 32.4 Å². The maximum Gasteiger partial charge on any atom is 0.0625 e. The van der Waals surface area contributed by atoms with Crippen molar-refractivity contribution in [2.24, 2.45) is 0 Å². The van der Waals surface area contributed by atoms with Crippen LogP contribution in [0.15, 0.2) is 6.07 Å². The van der Waals surface area contributed by atoms with E-state index < -0.39 is 0 Å². The molecule has 92 valence electrons. The van der Waals surface area contributed by atoms with E-state index in [1.807, 2.05) is 0 Å². The maximum absolute atomic E-state index is 4.61. The molecular weight excluding hydrogens is 198 g/mol. The highest BCUT2D eigenvalue weighted by Crippen LogP contribution is 2.20. The van der Waals surface area contributed by atoms with Gasteiger partial charge in [0.1, 0.15) is 0 Å². The van der Waals surface area contributed by atoms with Gasteiger partial charge >= 0.3 is 0 Å². The SMILES string of the molecule is CCCC(NCC)c1cc(CC)nn1CC. The summed E-state index contributed by atoms with van der Waals surface area (Å²) >= 11 is 0. The number of aryl methyl sites for hydroxylation is 2. The third-order valence-electron chi connectivity index (χ3n) is 2.91. The van der Waals surface area contributed by atoms with Gasteiger partial charge in [-0.25, -0.2) is 0 Å². The largest absolute Gasteiger partial charge is 0.309 e. The van der Waals surface area contributed by atoms with Crippen molar-refractivity contribution in [1.29, 1.82) is 0 Å². The highest BCUT2D eigenvalue weighted by atomic mass is 15.3. The molecule has 16 heavy (non-hydrogen) atoms. The van der Waals surface area contributed by atoms with Crippen molar-refractivity contribution in [3.63, 3.8) is 0 Å². The summed E-state index contributed by atoms with van der Waals surface area (Å²) in [5.74, 6) is 0. The topological polar surface area (TPSA) is 29.9 Å². The van der Waals surface area contributed by atoms with Crippen molar-refractivity contribution in [3.8, 4) is 0 Å². The molecule has 3 nitrogen and oxygen atoms in total. The summed E-state index contributed by atoms with van der Waals surface area (Å²) in [5.41, 5.74) is 2.55. The molecule has 0 fully saturated rings. The Morgan fingerprint density at radius 3 is 2.56 bits per heavy atom. The fourth-order valence-corrected chi connectivity index (χ4v) is 2.08. The summed E-state index contributed by atoms with van der Waals surface area (Å²) in [6.07, 6.45) is 3.40. The van der Waals surface area contributed by atoms with Crippen LogP contribution in [0.2, 0.25) is 0 Å². The third kappa shape index (κ3) is 3.08. The number of hydrogen-bond acceptors (Lipinski definition) is 2. The van der Waals surface area contributed by atoms with Crippen molar-refractivity contribution in [3.05, 3.63) is 17.5 Å². The second kappa shape index (κ2) is 6.69. The highest BCUT2D eigenvalue weighted by Gasteiger charge is 2.15. The van der Waals surface area contributed by atoms with Crippen molar-refractivity contribution < 1.29 is 0 Å². The zero-order valence-electron chi connectivity index (χ0n) is 11.1. The predicted octanol–water partition coefficient (Wildman–Crippen LogP) is 2.92. The molecule has 1 heterocycles. The van der Waals surface area contributed by atoms with E-state index in [9.17, 15) is 0 Å². The van der Waals surface area contributed by atoms with Gasteiger partial charge in [-0.15, -0.1) is 0 Å². The summed E-state index contributed by atoms with van der Waals surface area (Å²) in [4.78, 5) is 0. The molecule has 0 aliphatic heterocycles. The second-order valence-corrected chi connectivity index (χ2v) is 4.13. The van der Waals surface area contributed by atoms with Gasteiger partial charge in [0.25, 0.3) is 0 Å². The monoisotopic (exact) mass is 223 g/mol. The van der Waals surface area contributed by atoms with E-state index in [1.54, 1.807) is 0 Å². The molecule has 0 saturated carbocycles. The zero-order valence-corrected chi connectivity index (χ0v) is 11.1. The number of hydrogen-bond donors (Lipinski definition) is 1. The van der Waals surface area contributed by atoms with Gasteiger partial charge in [0.15, 0.2) is 0 Å². The van der Waals surface area contributed by atoms with Crippen LogP contribution in [0.5, 0.6) is 0 Å². The van der Waals surface area contributed by atoms with Gasteiger partial charge in [0.2, 0.25) is 0 Å². The third-order valence-corrected chi connectivity index (χ3v) is 2.91. The highest BCUT2D eigenvalue weighted by molar-refractivity contribution is 5.14. The first kappa shape index (κ1) is 13.2. The first-order valence-corrected chi connectivity index (χ1v) is 6.56. The minimum atomic E-state index is 0.461. The van der Waals surface area contributed by atoms with Crippen LogP contribution in [0.25, 0.3) is 0 Å². The Kier molecular flexibility index (Phi) is 5.53. The Balaban J connectivity index is 2.91. The molecular formula is C13H25N3. The van der Waals surface area contributed by atoms with Crippen molar-refractivity contribution >= 4 is 0 Å². The van der Waals surface area contributed by atoms with E-state index >= 15 is 0 Å². The maximum atomic E-state index is 4.61. The molecule has 0 aliphatic carbocycles. The minimum absolute atomic E-state index is 0.461. The van der Waals surface area contributed by atoms with Crippen LogP contribution in [0.3, 0.4) is 0 Å². The zero-order chi connectivity index (χ0) is 12.0. The van der Waals surface area contributed by atoms with Gasteiger partial charge in [0, 0.05) is 12.6 Å². The van der Waals surface area contributed by atoms with E-state index in [1.165, 1.54) is 24.2 Å². The first-order chi connectivity index (χ1) is 7.76. The molecule has 0 aromatic carbocycles. The lowest BCUT2D eigenvalue weighted by atomic mass is 10.1. The number of aromatic nitrogens is 2. The second-order valence-electron chi connectivity index (χ2n) is 4.13. The van der Waals surface area contributed by atoms with E-state index in [0.29, 0.717) is 6.04 Å². The van der Waals surface area contributed by atoms with E-state index in [0.717, 1.165) is 19.5 Å². The molecule has 1 rings (SSSR count). The summed E-state index contributed by atoms with van der Waals surface area (Å²) in [7, 11) is 0. The summed E-state index contributed by atoms with van der Waals surface area (Å²) < 4.78 is 2.14. The van der Waals surface area contributed by atoms with Gasteiger partial charge < -0.3 is 5.32 Å². The van der Waals surface area contributed by atoms with Crippen LogP contribution in [0.4, 0.5) is 0 Å². The lowest BCUT2D eigenvalue weighted by Gasteiger charge is -2.18. The fraction of sp³-hybridized carbons (Fsp3) is 0.769. The molecule has 0 saturated heterocycles. The van der Waals surface area contributed by atoms with Crippen LogP contribution >= 0.6 is 0 Å². The molecule has 0 aliphatic rings. The lowest BCUT2D eigenvalue weighted by molar-refractivity contribution is 0.462. The molecule has 1 aromatic heterocycles. The van der Waals surface area contributed by atoms with Crippen molar-refractivity contribution in [2.75, 3.05) is 6.54 Å². The van der Waals surface area contributed by atoms with E-state index in [2.05, 4.69) is 48.9 Å². The average molecular weight is 223 g/mol. The summed E-state index contributed by atoms with van der Waals surface area (Å²) in [5, 5.41) is 8.16.